The van der Waals surface area contributed by atoms with Crippen LogP contribution in [0.5, 0.6) is 0 Å². The maximum atomic E-state index is 8.75. The van der Waals surface area contributed by atoms with E-state index in [0.29, 0.717) is 60.5 Å². The second kappa shape index (κ2) is 12.2. The summed E-state index contributed by atoms with van der Waals surface area (Å²) in [4.78, 5) is 16.4. The number of hydrogen-bond donors (Lipinski definition) is 4. The third-order valence-corrected chi connectivity index (χ3v) is 6.05. The van der Waals surface area contributed by atoms with E-state index < -0.39 is 0 Å². The molecule has 2 aromatic rings. The summed E-state index contributed by atoms with van der Waals surface area (Å²) in [6, 6.07) is 4.26. The van der Waals surface area contributed by atoms with Crippen LogP contribution in [0.25, 0.3) is 0 Å². The SMILES string of the molecule is CCOCC(=N)c1nc(N2CCNC(C)C2)nc(Nc2cc(C)ccn2)c1NCCOCC1CC1. The summed E-state index contributed by atoms with van der Waals surface area (Å²) in [7, 11) is 0. The molecule has 1 aliphatic heterocycles. The van der Waals surface area contributed by atoms with E-state index in [9.17, 15) is 0 Å². The number of aryl methyl sites for hydroxylation is 1. The molecular formula is C25H38N8O2. The minimum absolute atomic E-state index is 0.180. The van der Waals surface area contributed by atoms with Crippen LogP contribution < -0.4 is 20.9 Å². The van der Waals surface area contributed by atoms with Crippen molar-refractivity contribution in [3.05, 3.63) is 29.6 Å². The summed E-state index contributed by atoms with van der Waals surface area (Å²) in [5.74, 6) is 2.61. The summed E-state index contributed by atoms with van der Waals surface area (Å²) < 4.78 is 11.4. The average molecular weight is 483 g/mol. The first-order valence-electron chi connectivity index (χ1n) is 12.6. The Labute approximate surface area is 207 Å². The van der Waals surface area contributed by atoms with Gasteiger partial charge in [-0.1, -0.05) is 0 Å². The lowest BCUT2D eigenvalue weighted by molar-refractivity contribution is 0.134. The summed E-state index contributed by atoms with van der Waals surface area (Å²) >= 11 is 0. The van der Waals surface area contributed by atoms with Gasteiger partial charge in [-0.05, 0) is 57.2 Å². The zero-order valence-corrected chi connectivity index (χ0v) is 21.1. The van der Waals surface area contributed by atoms with Gasteiger partial charge in [0, 0.05) is 51.6 Å². The van der Waals surface area contributed by atoms with Crippen LogP contribution in [0.4, 0.5) is 23.3 Å². The third kappa shape index (κ3) is 7.33. The lowest BCUT2D eigenvalue weighted by Gasteiger charge is -2.32. The largest absolute Gasteiger partial charge is 0.379 e. The van der Waals surface area contributed by atoms with Gasteiger partial charge < -0.3 is 35.7 Å². The lowest BCUT2D eigenvalue weighted by Crippen LogP contribution is -2.50. The molecule has 35 heavy (non-hydrogen) atoms. The van der Waals surface area contributed by atoms with Crippen LogP contribution in [-0.4, -0.2) is 79.3 Å². The fraction of sp³-hybridized carbons (Fsp3) is 0.600. The molecule has 1 saturated carbocycles. The van der Waals surface area contributed by atoms with Gasteiger partial charge in [0.25, 0.3) is 0 Å². The van der Waals surface area contributed by atoms with E-state index >= 15 is 0 Å². The Morgan fingerprint density at radius 2 is 2.14 bits per heavy atom. The fourth-order valence-corrected chi connectivity index (χ4v) is 3.96. The third-order valence-electron chi connectivity index (χ3n) is 6.05. The summed E-state index contributed by atoms with van der Waals surface area (Å²) in [5.41, 5.74) is 2.60. The number of nitrogens with zero attached hydrogens (tertiary/aromatic N) is 4. The van der Waals surface area contributed by atoms with Crippen molar-refractivity contribution >= 4 is 29.0 Å². The van der Waals surface area contributed by atoms with E-state index in [1.54, 1.807) is 6.20 Å². The Balaban J connectivity index is 1.65. The molecule has 2 aromatic heterocycles. The van der Waals surface area contributed by atoms with Crippen molar-refractivity contribution in [1.82, 2.24) is 20.3 Å². The fourth-order valence-electron chi connectivity index (χ4n) is 3.96. The lowest BCUT2D eigenvalue weighted by atomic mass is 10.2. The van der Waals surface area contributed by atoms with Crippen molar-refractivity contribution in [1.29, 1.82) is 5.41 Å². The first-order chi connectivity index (χ1) is 17.0. The van der Waals surface area contributed by atoms with Crippen LogP contribution in [-0.2, 0) is 9.47 Å². The Bertz CT molecular complexity index is 997. The van der Waals surface area contributed by atoms with E-state index in [0.717, 1.165) is 37.7 Å². The van der Waals surface area contributed by atoms with Crippen LogP contribution in [0.15, 0.2) is 18.3 Å². The van der Waals surface area contributed by atoms with Gasteiger partial charge in [-0.25, -0.2) is 9.97 Å². The Kier molecular flexibility index (Phi) is 8.84. The highest BCUT2D eigenvalue weighted by Gasteiger charge is 2.24. The van der Waals surface area contributed by atoms with Gasteiger partial charge in [-0.15, -0.1) is 0 Å². The summed E-state index contributed by atoms with van der Waals surface area (Å²) in [6.45, 7) is 11.2. The van der Waals surface area contributed by atoms with Gasteiger partial charge in [0.05, 0.1) is 18.9 Å². The number of ether oxygens (including phenoxy) is 2. The minimum atomic E-state index is 0.180. The summed E-state index contributed by atoms with van der Waals surface area (Å²) in [6.07, 6.45) is 4.31. The Hall–Kier alpha value is -2.82. The van der Waals surface area contributed by atoms with Crippen LogP contribution in [0.1, 0.15) is 37.9 Å². The molecule has 1 aliphatic carbocycles. The minimum Gasteiger partial charge on any atom is -0.379 e. The van der Waals surface area contributed by atoms with Crippen LogP contribution in [0.3, 0.4) is 0 Å². The van der Waals surface area contributed by atoms with Gasteiger partial charge >= 0.3 is 0 Å². The number of hydrogen-bond acceptors (Lipinski definition) is 10. The molecule has 0 aromatic carbocycles. The molecule has 1 saturated heterocycles. The number of nitrogens with one attached hydrogen (secondary N) is 4. The molecule has 4 N–H and O–H groups in total. The predicted molar refractivity (Wildman–Crippen MR) is 139 cm³/mol. The average Bonchev–Trinajstić information content (AvgIpc) is 3.67. The molecule has 0 spiro atoms. The van der Waals surface area contributed by atoms with Gasteiger partial charge in [0.1, 0.15) is 17.2 Å². The van der Waals surface area contributed by atoms with E-state index in [-0.39, 0.29) is 6.61 Å². The monoisotopic (exact) mass is 482 g/mol. The van der Waals surface area contributed by atoms with E-state index in [2.05, 4.69) is 32.8 Å². The molecule has 0 bridgehead atoms. The standard InChI is InChI=1S/C25H38N8O2/c1-4-34-16-20(26)22-23(29-10-12-35-15-19-5-6-19)24(30-21-13-17(2)7-8-28-21)32-25(31-22)33-11-9-27-18(3)14-33/h7-8,13,18-19,26-27,29H,4-6,9-12,14-16H2,1-3H3,(H,28,30,31,32). The molecule has 3 heterocycles. The highest BCUT2D eigenvalue weighted by atomic mass is 16.5. The maximum Gasteiger partial charge on any atom is 0.228 e. The summed E-state index contributed by atoms with van der Waals surface area (Å²) in [5, 5.41) is 19.0. The normalized spacial score (nSPS) is 17.9. The number of anilines is 4. The molecule has 4 rings (SSSR count). The van der Waals surface area contributed by atoms with Crippen molar-refractivity contribution in [2.24, 2.45) is 5.92 Å². The van der Waals surface area contributed by atoms with Gasteiger partial charge in [-0.2, -0.15) is 4.98 Å². The molecule has 10 nitrogen and oxygen atoms in total. The molecular weight excluding hydrogens is 444 g/mol. The van der Waals surface area contributed by atoms with Gasteiger partial charge in [-0.3, -0.25) is 0 Å². The molecule has 0 radical (unpaired) electrons. The number of piperazine rings is 1. The number of pyridine rings is 1. The zero-order chi connectivity index (χ0) is 24.6. The van der Waals surface area contributed by atoms with Gasteiger partial charge in [0.15, 0.2) is 5.82 Å². The molecule has 190 valence electrons. The number of aromatic nitrogens is 3. The zero-order valence-electron chi connectivity index (χ0n) is 21.1. The van der Waals surface area contributed by atoms with Crippen molar-refractivity contribution in [3.8, 4) is 0 Å². The molecule has 1 atom stereocenters. The van der Waals surface area contributed by atoms with E-state index in [4.69, 9.17) is 24.9 Å². The highest BCUT2D eigenvalue weighted by Crippen LogP contribution is 2.30. The van der Waals surface area contributed by atoms with Crippen molar-refractivity contribution < 1.29 is 9.47 Å². The van der Waals surface area contributed by atoms with Crippen molar-refractivity contribution in [2.75, 3.05) is 68.1 Å². The molecule has 2 aliphatic rings. The van der Waals surface area contributed by atoms with Crippen LogP contribution in [0, 0.1) is 18.3 Å². The molecule has 2 fully saturated rings. The van der Waals surface area contributed by atoms with Crippen molar-refractivity contribution in [2.45, 2.75) is 39.7 Å². The molecule has 10 heteroatoms. The molecule has 0 amide bonds. The highest BCUT2D eigenvalue weighted by molar-refractivity contribution is 6.04. The van der Waals surface area contributed by atoms with Crippen molar-refractivity contribution in [3.63, 3.8) is 0 Å². The van der Waals surface area contributed by atoms with Crippen LogP contribution in [0.2, 0.25) is 0 Å². The quantitative estimate of drug-likeness (QED) is 0.252. The van der Waals surface area contributed by atoms with Gasteiger partial charge in [0.2, 0.25) is 5.95 Å². The topological polar surface area (TPSA) is 120 Å². The van der Waals surface area contributed by atoms with E-state index in [1.807, 2.05) is 26.0 Å². The molecule has 1 unspecified atom stereocenters. The Morgan fingerprint density at radius 3 is 2.89 bits per heavy atom. The first-order valence-corrected chi connectivity index (χ1v) is 12.6. The second-order valence-corrected chi connectivity index (χ2v) is 9.30. The van der Waals surface area contributed by atoms with Crippen LogP contribution >= 0.6 is 0 Å². The predicted octanol–water partition coefficient (Wildman–Crippen LogP) is 2.96. The number of rotatable bonds is 13. The Morgan fingerprint density at radius 1 is 1.29 bits per heavy atom. The first kappa shape index (κ1) is 25.3. The second-order valence-electron chi connectivity index (χ2n) is 9.30. The smallest absolute Gasteiger partial charge is 0.228 e. The maximum absolute atomic E-state index is 8.75. The van der Waals surface area contributed by atoms with E-state index in [1.165, 1.54) is 12.8 Å².